The van der Waals surface area contributed by atoms with Crippen LogP contribution in [0.3, 0.4) is 0 Å². The molecule has 0 atom stereocenters. The van der Waals surface area contributed by atoms with Crippen molar-refractivity contribution in [1.82, 2.24) is 0 Å². The molecule has 1 aromatic heterocycles. The number of hydrogen-bond acceptors (Lipinski definition) is 5. The second-order valence-electron chi connectivity index (χ2n) is 6.09. The van der Waals surface area contributed by atoms with Crippen LogP contribution in [0.1, 0.15) is 11.3 Å². The molecule has 29 heavy (non-hydrogen) atoms. The third-order valence-corrected chi connectivity index (χ3v) is 4.08. The van der Waals surface area contributed by atoms with Crippen LogP contribution in [0.15, 0.2) is 64.6 Å². The number of carbonyl (C=O) groups excluding carboxylic acids is 1. The predicted octanol–water partition coefficient (Wildman–Crippen LogP) is 4.85. The van der Waals surface area contributed by atoms with Gasteiger partial charge in [-0.25, -0.2) is 4.39 Å². The van der Waals surface area contributed by atoms with Gasteiger partial charge in [-0.2, -0.15) is 5.26 Å². The maximum atomic E-state index is 13.0. The lowest BCUT2D eigenvalue weighted by molar-refractivity contribution is -0.384. The van der Waals surface area contributed by atoms with E-state index in [0.29, 0.717) is 17.0 Å². The van der Waals surface area contributed by atoms with Crippen molar-refractivity contribution in [3.8, 4) is 17.4 Å². The second-order valence-corrected chi connectivity index (χ2v) is 6.09. The van der Waals surface area contributed by atoms with Gasteiger partial charge in [0.15, 0.2) is 0 Å². The van der Waals surface area contributed by atoms with E-state index in [1.54, 1.807) is 31.2 Å². The summed E-state index contributed by atoms with van der Waals surface area (Å²) in [5.74, 6) is -0.521. The Morgan fingerprint density at radius 3 is 2.59 bits per heavy atom. The van der Waals surface area contributed by atoms with Crippen molar-refractivity contribution in [2.75, 3.05) is 5.32 Å². The summed E-state index contributed by atoms with van der Waals surface area (Å²) < 4.78 is 18.6. The Hall–Kier alpha value is -4.25. The van der Waals surface area contributed by atoms with Gasteiger partial charge in [-0.15, -0.1) is 0 Å². The molecule has 8 heteroatoms. The molecule has 0 fully saturated rings. The summed E-state index contributed by atoms with van der Waals surface area (Å²) in [6.45, 7) is 1.79. The molecule has 1 heterocycles. The molecule has 3 aromatic rings. The van der Waals surface area contributed by atoms with Gasteiger partial charge >= 0.3 is 0 Å². The Morgan fingerprint density at radius 1 is 1.21 bits per heavy atom. The summed E-state index contributed by atoms with van der Waals surface area (Å²) in [5.41, 5.74) is 1.36. The first-order chi connectivity index (χ1) is 13.9. The summed E-state index contributed by atoms with van der Waals surface area (Å²) in [6, 6.07) is 14.5. The first-order valence-corrected chi connectivity index (χ1v) is 8.41. The minimum Gasteiger partial charge on any atom is -0.457 e. The summed E-state index contributed by atoms with van der Waals surface area (Å²) in [4.78, 5) is 22.8. The first-order valence-electron chi connectivity index (χ1n) is 8.41. The van der Waals surface area contributed by atoms with Crippen LogP contribution in [0.4, 0.5) is 15.8 Å². The van der Waals surface area contributed by atoms with E-state index in [0.717, 1.165) is 5.56 Å². The zero-order chi connectivity index (χ0) is 21.0. The van der Waals surface area contributed by atoms with Gasteiger partial charge in [0.1, 0.15) is 29.0 Å². The van der Waals surface area contributed by atoms with Crippen molar-refractivity contribution in [1.29, 1.82) is 5.26 Å². The Balaban J connectivity index is 1.85. The fraction of sp³-hybridized carbons (Fsp3) is 0.0476. The maximum absolute atomic E-state index is 13.0. The fourth-order valence-electron chi connectivity index (χ4n) is 2.59. The summed E-state index contributed by atoms with van der Waals surface area (Å²) >= 11 is 0. The third-order valence-electron chi connectivity index (χ3n) is 4.08. The first kappa shape index (κ1) is 19.5. The number of nitrogens with zero attached hydrogens (tertiary/aromatic N) is 2. The topological polar surface area (TPSA) is 109 Å². The fourth-order valence-corrected chi connectivity index (χ4v) is 2.59. The van der Waals surface area contributed by atoms with E-state index in [9.17, 15) is 24.6 Å². The Morgan fingerprint density at radius 2 is 1.93 bits per heavy atom. The van der Waals surface area contributed by atoms with E-state index in [4.69, 9.17) is 4.42 Å². The number of halogens is 1. The molecule has 0 bridgehead atoms. The van der Waals surface area contributed by atoms with Crippen LogP contribution in [0.5, 0.6) is 0 Å². The van der Waals surface area contributed by atoms with Gasteiger partial charge in [0.25, 0.3) is 11.6 Å². The van der Waals surface area contributed by atoms with E-state index >= 15 is 0 Å². The summed E-state index contributed by atoms with van der Waals surface area (Å²) in [7, 11) is 0. The second kappa shape index (κ2) is 8.19. The van der Waals surface area contributed by atoms with Crippen molar-refractivity contribution in [2.24, 2.45) is 0 Å². The van der Waals surface area contributed by atoms with Crippen molar-refractivity contribution in [3.05, 3.63) is 87.4 Å². The molecule has 0 aliphatic rings. The molecule has 0 radical (unpaired) electrons. The molecule has 2 aromatic carbocycles. The number of nitrogens with one attached hydrogen (secondary N) is 1. The Labute approximate surface area is 164 Å². The molecular weight excluding hydrogens is 377 g/mol. The number of furan rings is 1. The van der Waals surface area contributed by atoms with Gasteiger partial charge in [-0.05, 0) is 48.9 Å². The molecule has 1 amide bonds. The van der Waals surface area contributed by atoms with Crippen LogP contribution < -0.4 is 5.32 Å². The highest BCUT2D eigenvalue weighted by molar-refractivity contribution is 6.09. The average Bonchev–Trinajstić information content (AvgIpc) is 3.16. The normalized spacial score (nSPS) is 11.0. The molecule has 7 nitrogen and oxygen atoms in total. The largest absolute Gasteiger partial charge is 0.457 e. The van der Waals surface area contributed by atoms with Crippen LogP contribution in [-0.4, -0.2) is 10.8 Å². The van der Waals surface area contributed by atoms with Crippen molar-refractivity contribution in [3.63, 3.8) is 0 Å². The van der Waals surface area contributed by atoms with Crippen molar-refractivity contribution < 1.29 is 18.5 Å². The lowest BCUT2D eigenvalue weighted by atomic mass is 10.1. The molecule has 1 N–H and O–H groups in total. The number of rotatable bonds is 5. The molecule has 0 aliphatic heterocycles. The minimum absolute atomic E-state index is 0.0736. The van der Waals surface area contributed by atoms with Crippen molar-refractivity contribution >= 4 is 23.4 Å². The number of non-ortho nitro benzene ring substituents is 1. The maximum Gasteiger partial charge on any atom is 0.270 e. The van der Waals surface area contributed by atoms with Crippen LogP contribution in [0, 0.1) is 34.2 Å². The van der Waals surface area contributed by atoms with E-state index in [2.05, 4.69) is 5.32 Å². The van der Waals surface area contributed by atoms with Crippen LogP contribution in [0.2, 0.25) is 0 Å². The van der Waals surface area contributed by atoms with Gasteiger partial charge in [0.05, 0.1) is 4.92 Å². The van der Waals surface area contributed by atoms with Crippen LogP contribution >= 0.6 is 0 Å². The molecule has 144 valence electrons. The number of nitro benzene ring substituents is 1. The van der Waals surface area contributed by atoms with Gasteiger partial charge < -0.3 is 9.73 Å². The zero-order valence-electron chi connectivity index (χ0n) is 15.2. The molecule has 0 unspecified atom stereocenters. The lowest BCUT2D eigenvalue weighted by Gasteiger charge is -2.04. The molecule has 0 saturated carbocycles. The molecule has 3 rings (SSSR count). The number of nitriles is 1. The average molecular weight is 391 g/mol. The van der Waals surface area contributed by atoms with Gasteiger partial charge in [0, 0.05) is 29.5 Å². The highest BCUT2D eigenvalue weighted by Crippen LogP contribution is 2.29. The van der Waals surface area contributed by atoms with Crippen LogP contribution in [0.25, 0.3) is 17.4 Å². The summed E-state index contributed by atoms with van der Waals surface area (Å²) in [6.07, 6.45) is 1.26. The quantitative estimate of drug-likeness (QED) is 0.289. The van der Waals surface area contributed by atoms with Gasteiger partial charge in [-0.1, -0.05) is 6.07 Å². The number of nitro groups is 1. The monoisotopic (exact) mass is 391 g/mol. The smallest absolute Gasteiger partial charge is 0.270 e. The number of carbonyl (C=O) groups is 1. The van der Waals surface area contributed by atoms with Crippen molar-refractivity contribution in [2.45, 2.75) is 6.92 Å². The van der Waals surface area contributed by atoms with Gasteiger partial charge in [-0.3, -0.25) is 14.9 Å². The Kier molecular flexibility index (Phi) is 5.51. The highest BCUT2D eigenvalue weighted by atomic mass is 19.1. The SMILES string of the molecule is Cc1ccc([N+](=O)[O-])cc1-c1ccc(C=C(C#N)C(=O)Nc2ccc(F)cc2)o1. The molecule has 0 aliphatic carbocycles. The molecule has 0 saturated heterocycles. The number of amides is 1. The zero-order valence-corrected chi connectivity index (χ0v) is 15.2. The van der Waals surface area contributed by atoms with E-state index in [-0.39, 0.29) is 17.0 Å². The number of hydrogen-bond donors (Lipinski definition) is 1. The summed E-state index contributed by atoms with van der Waals surface area (Å²) in [5, 5.41) is 22.8. The lowest BCUT2D eigenvalue weighted by Crippen LogP contribution is -2.13. The number of benzene rings is 2. The van der Waals surface area contributed by atoms with Crippen LogP contribution in [-0.2, 0) is 4.79 Å². The standard InChI is InChI=1S/C21H14FN3O4/c1-13-2-7-17(25(27)28)11-19(13)20-9-8-18(29-20)10-14(12-23)21(26)24-16-5-3-15(22)4-6-16/h2-11H,1H3,(H,24,26). The number of aryl methyl sites for hydroxylation is 1. The molecule has 0 spiro atoms. The number of anilines is 1. The predicted molar refractivity (Wildman–Crippen MR) is 104 cm³/mol. The van der Waals surface area contributed by atoms with E-state index in [1.165, 1.54) is 42.5 Å². The third kappa shape index (κ3) is 4.54. The van der Waals surface area contributed by atoms with E-state index < -0.39 is 16.6 Å². The minimum atomic E-state index is -0.677. The molecular formula is C21H14FN3O4. The highest BCUT2D eigenvalue weighted by Gasteiger charge is 2.15. The Bertz CT molecular complexity index is 1160. The van der Waals surface area contributed by atoms with Gasteiger partial charge in [0.2, 0.25) is 0 Å². The van der Waals surface area contributed by atoms with E-state index in [1.807, 2.05) is 0 Å².